The highest BCUT2D eigenvalue weighted by atomic mass is 35.5. The number of halogens is 3. The Hall–Kier alpha value is -2.71. The molecule has 164 valence electrons. The van der Waals surface area contributed by atoms with Crippen LogP contribution in [0.25, 0.3) is 11.1 Å². The first-order valence-corrected chi connectivity index (χ1v) is 10.4. The molecule has 1 aromatic heterocycles. The monoisotopic (exact) mass is 449 g/mol. The molecule has 31 heavy (non-hydrogen) atoms. The van der Waals surface area contributed by atoms with Crippen molar-refractivity contribution in [3.05, 3.63) is 53.4 Å². The van der Waals surface area contributed by atoms with E-state index >= 15 is 0 Å². The van der Waals surface area contributed by atoms with Crippen molar-refractivity contribution in [2.24, 2.45) is 0 Å². The van der Waals surface area contributed by atoms with E-state index in [1.54, 1.807) is 12.1 Å². The van der Waals surface area contributed by atoms with Crippen molar-refractivity contribution >= 4 is 34.3 Å². The minimum absolute atomic E-state index is 0.0459. The van der Waals surface area contributed by atoms with E-state index in [9.17, 15) is 13.6 Å². The number of alkyl halides is 2. The van der Waals surface area contributed by atoms with Crippen LogP contribution in [-0.2, 0) is 4.79 Å². The lowest BCUT2D eigenvalue weighted by Crippen LogP contribution is -2.45. The smallest absolute Gasteiger partial charge is 0.387 e. The molecular formula is C22H22ClF2N3O3. The van der Waals surface area contributed by atoms with Crippen LogP contribution in [0.4, 0.5) is 14.5 Å². The van der Waals surface area contributed by atoms with E-state index in [1.165, 1.54) is 24.3 Å². The summed E-state index contributed by atoms with van der Waals surface area (Å²) < 4.78 is 34.7. The van der Waals surface area contributed by atoms with Gasteiger partial charge in [0.1, 0.15) is 11.3 Å². The summed E-state index contributed by atoms with van der Waals surface area (Å²) in [7, 11) is 0. The van der Waals surface area contributed by atoms with Crippen molar-refractivity contribution in [2.45, 2.75) is 38.3 Å². The third kappa shape index (κ3) is 5.14. The lowest BCUT2D eigenvalue weighted by Gasteiger charge is -2.34. The van der Waals surface area contributed by atoms with Crippen LogP contribution in [0, 0.1) is 0 Å². The summed E-state index contributed by atoms with van der Waals surface area (Å²) in [6.45, 7) is 0.446. The minimum Gasteiger partial charge on any atom is -0.440 e. The number of fused-ring (bicyclic) bond motifs is 1. The standard InChI is InChI=1S/C22H22ClF2N3O3/c1-13(20(29)26-16-3-5-17(6-4-16)30-22(24)25)28-10-8-14(9-11-28)21-27-18-12-15(23)2-7-19(18)31-21/h2-7,12-14,22H,8-11H2,1H3,(H,26,29)/t13-/m0/s1. The summed E-state index contributed by atoms with van der Waals surface area (Å²) >= 11 is 6.02. The number of anilines is 1. The Kier molecular flexibility index (Phi) is 6.38. The fourth-order valence-corrected chi connectivity index (χ4v) is 3.93. The molecule has 1 atom stereocenters. The second kappa shape index (κ2) is 9.20. The summed E-state index contributed by atoms with van der Waals surface area (Å²) in [5, 5.41) is 3.44. The summed E-state index contributed by atoms with van der Waals surface area (Å²) in [6.07, 6.45) is 1.66. The third-order valence-electron chi connectivity index (χ3n) is 5.52. The number of oxazole rings is 1. The molecule has 0 unspecified atom stereocenters. The lowest BCUT2D eigenvalue weighted by atomic mass is 9.95. The van der Waals surface area contributed by atoms with Crippen molar-refractivity contribution in [3.8, 4) is 5.75 Å². The van der Waals surface area contributed by atoms with Crippen LogP contribution in [0.5, 0.6) is 5.75 Å². The number of hydrogen-bond donors (Lipinski definition) is 1. The van der Waals surface area contributed by atoms with Crippen LogP contribution in [-0.4, -0.2) is 41.5 Å². The number of aromatic nitrogens is 1. The van der Waals surface area contributed by atoms with Crippen LogP contribution in [0.2, 0.25) is 5.02 Å². The molecule has 2 heterocycles. The van der Waals surface area contributed by atoms with Crippen molar-refractivity contribution in [1.82, 2.24) is 9.88 Å². The van der Waals surface area contributed by atoms with Gasteiger partial charge in [-0.1, -0.05) is 11.6 Å². The molecule has 1 fully saturated rings. The topological polar surface area (TPSA) is 67.6 Å². The number of rotatable bonds is 6. The number of likely N-dealkylation sites (tertiary alicyclic amines) is 1. The molecule has 3 aromatic rings. The van der Waals surface area contributed by atoms with E-state index in [1.807, 2.05) is 13.0 Å². The molecule has 0 radical (unpaired) electrons. The Morgan fingerprint density at radius 2 is 1.94 bits per heavy atom. The van der Waals surface area contributed by atoms with Gasteiger partial charge in [-0.3, -0.25) is 9.69 Å². The second-order valence-corrected chi connectivity index (χ2v) is 7.98. The first kappa shape index (κ1) is 21.5. The molecular weight excluding hydrogens is 428 g/mol. The number of benzene rings is 2. The fraction of sp³-hybridized carbons (Fsp3) is 0.364. The molecule has 2 aromatic carbocycles. The Bertz CT molecular complexity index is 1050. The maximum Gasteiger partial charge on any atom is 0.387 e. The molecule has 0 spiro atoms. The van der Waals surface area contributed by atoms with Crippen LogP contribution in [0.1, 0.15) is 31.6 Å². The van der Waals surface area contributed by atoms with Crippen molar-refractivity contribution in [3.63, 3.8) is 0 Å². The Morgan fingerprint density at radius 3 is 2.61 bits per heavy atom. The Labute approximate surface area is 183 Å². The number of carbonyl (C=O) groups is 1. The quantitative estimate of drug-likeness (QED) is 0.554. The van der Waals surface area contributed by atoms with E-state index < -0.39 is 6.61 Å². The van der Waals surface area contributed by atoms with Crippen molar-refractivity contribution in [2.75, 3.05) is 18.4 Å². The van der Waals surface area contributed by atoms with Gasteiger partial charge in [0.25, 0.3) is 0 Å². The third-order valence-corrected chi connectivity index (χ3v) is 5.75. The number of nitrogens with zero attached hydrogens (tertiary/aromatic N) is 2. The van der Waals surface area contributed by atoms with Gasteiger partial charge in [0.2, 0.25) is 5.91 Å². The van der Waals surface area contributed by atoms with Crippen molar-refractivity contribution in [1.29, 1.82) is 0 Å². The average Bonchev–Trinajstić information content (AvgIpc) is 3.17. The van der Waals surface area contributed by atoms with Crippen LogP contribution >= 0.6 is 11.6 Å². The van der Waals surface area contributed by atoms with E-state index in [2.05, 4.69) is 19.9 Å². The molecule has 1 amide bonds. The zero-order chi connectivity index (χ0) is 22.0. The Balaban J connectivity index is 1.31. The second-order valence-electron chi connectivity index (χ2n) is 7.54. The molecule has 4 rings (SSSR count). The Morgan fingerprint density at radius 1 is 1.23 bits per heavy atom. The largest absolute Gasteiger partial charge is 0.440 e. The number of ether oxygens (including phenoxy) is 1. The normalized spacial score (nSPS) is 16.5. The lowest BCUT2D eigenvalue weighted by molar-refractivity contribution is -0.121. The van der Waals surface area contributed by atoms with Gasteiger partial charge < -0.3 is 14.5 Å². The maximum absolute atomic E-state index is 12.6. The average molecular weight is 450 g/mol. The van der Waals surface area contributed by atoms with E-state index in [-0.39, 0.29) is 23.6 Å². The van der Waals surface area contributed by atoms with Crippen molar-refractivity contribution < 1.29 is 22.7 Å². The van der Waals surface area contributed by atoms with Crippen LogP contribution in [0.15, 0.2) is 46.9 Å². The maximum atomic E-state index is 12.6. The fourth-order valence-electron chi connectivity index (χ4n) is 3.76. The van der Waals surface area contributed by atoms with E-state index in [0.717, 1.165) is 37.0 Å². The molecule has 0 aliphatic carbocycles. The summed E-state index contributed by atoms with van der Waals surface area (Å²) in [6, 6.07) is 10.9. The van der Waals surface area contributed by atoms with Crippen LogP contribution in [0.3, 0.4) is 0 Å². The van der Waals surface area contributed by atoms with Gasteiger partial charge in [-0.2, -0.15) is 8.78 Å². The van der Waals surface area contributed by atoms with Gasteiger partial charge in [-0.05, 0) is 75.3 Å². The number of piperidine rings is 1. The minimum atomic E-state index is -2.88. The van der Waals surface area contributed by atoms with Gasteiger partial charge in [-0.25, -0.2) is 4.98 Å². The summed E-state index contributed by atoms with van der Waals surface area (Å²) in [4.78, 5) is 19.3. The summed E-state index contributed by atoms with van der Waals surface area (Å²) in [5.41, 5.74) is 2.00. The van der Waals surface area contributed by atoms with Gasteiger partial charge in [-0.15, -0.1) is 0 Å². The highest BCUT2D eigenvalue weighted by Crippen LogP contribution is 2.31. The predicted octanol–water partition coefficient (Wildman–Crippen LogP) is 5.29. The molecule has 0 bridgehead atoms. The number of amides is 1. The van der Waals surface area contributed by atoms with Crippen LogP contribution < -0.4 is 10.1 Å². The SMILES string of the molecule is C[C@@H](C(=O)Nc1ccc(OC(F)F)cc1)N1CCC(c2nc3cc(Cl)ccc3o2)CC1. The zero-order valence-corrected chi connectivity index (χ0v) is 17.6. The molecule has 6 nitrogen and oxygen atoms in total. The molecule has 9 heteroatoms. The van der Waals surface area contributed by atoms with Gasteiger partial charge in [0.15, 0.2) is 11.5 Å². The predicted molar refractivity (Wildman–Crippen MR) is 114 cm³/mol. The van der Waals surface area contributed by atoms with Gasteiger partial charge >= 0.3 is 6.61 Å². The molecule has 1 N–H and O–H groups in total. The first-order chi connectivity index (χ1) is 14.9. The number of nitrogens with one attached hydrogen (secondary N) is 1. The van der Waals surface area contributed by atoms with E-state index in [4.69, 9.17) is 16.0 Å². The number of hydrogen-bond acceptors (Lipinski definition) is 5. The highest BCUT2D eigenvalue weighted by molar-refractivity contribution is 6.31. The van der Waals surface area contributed by atoms with E-state index in [0.29, 0.717) is 16.6 Å². The number of carbonyl (C=O) groups excluding carboxylic acids is 1. The molecule has 1 aliphatic rings. The highest BCUT2D eigenvalue weighted by Gasteiger charge is 2.29. The molecule has 1 saturated heterocycles. The van der Waals surface area contributed by atoms with Gasteiger partial charge in [0, 0.05) is 16.6 Å². The first-order valence-electron chi connectivity index (χ1n) is 10.0. The zero-order valence-electron chi connectivity index (χ0n) is 16.9. The van der Waals surface area contributed by atoms with Gasteiger partial charge in [0.05, 0.1) is 6.04 Å². The molecule has 1 aliphatic heterocycles. The summed E-state index contributed by atoms with van der Waals surface area (Å²) in [5.74, 6) is 0.794. The molecule has 0 saturated carbocycles.